The summed E-state index contributed by atoms with van der Waals surface area (Å²) in [6, 6.07) is 3.78. The van der Waals surface area contributed by atoms with Gasteiger partial charge in [-0.2, -0.15) is 26.3 Å². The summed E-state index contributed by atoms with van der Waals surface area (Å²) in [6.45, 7) is 10.3. The Hall–Kier alpha value is -3.33. The lowest BCUT2D eigenvalue weighted by Crippen LogP contribution is -2.48. The molecule has 0 bridgehead atoms. The maximum atomic E-state index is 14.2. The Kier molecular flexibility index (Phi) is 13.2. The molecule has 2 amide bonds. The highest BCUT2D eigenvalue weighted by Crippen LogP contribution is 2.56. The number of alkyl halides is 6. The Bertz CT molecular complexity index is 1550. The summed E-state index contributed by atoms with van der Waals surface area (Å²) < 4.78 is 96.9. The van der Waals surface area contributed by atoms with Crippen molar-refractivity contribution >= 4 is 11.8 Å². The SMILES string of the molecule is C[C@@H]1CC[C@@](C)(/C(CNC(=O)c2cccc(C(=O)NC/C(=C(/O)C(F)(F)F)[C@]3(C)CC[C@@H](C)[C@@H]4CC[C@H](C)OCC43)n2)=C(\[O-])C(F)(F)F)C2CO[C@@H](C)CC[C@H]21. The van der Waals surface area contributed by atoms with Crippen LogP contribution in [0.25, 0.3) is 0 Å². The molecule has 15 heteroatoms. The molecular weight excluding hydrogens is 744 g/mol. The van der Waals surface area contributed by atoms with E-state index in [0.29, 0.717) is 25.7 Å². The topological polar surface area (TPSA) is 133 Å². The minimum absolute atomic E-state index is 0.0191. The lowest BCUT2D eigenvalue weighted by molar-refractivity contribution is -0.363. The van der Waals surface area contributed by atoms with Gasteiger partial charge in [0.15, 0.2) is 5.76 Å². The van der Waals surface area contributed by atoms with Crippen molar-refractivity contribution in [3.63, 3.8) is 0 Å². The quantitative estimate of drug-likeness (QED) is 0.180. The van der Waals surface area contributed by atoms with Gasteiger partial charge < -0.3 is 30.3 Å². The van der Waals surface area contributed by atoms with Gasteiger partial charge in [-0.3, -0.25) is 9.59 Å². The van der Waals surface area contributed by atoms with Crippen LogP contribution < -0.4 is 15.7 Å². The molecule has 5 rings (SSSR count). The van der Waals surface area contributed by atoms with Crippen LogP contribution in [-0.2, 0) is 9.47 Å². The summed E-state index contributed by atoms with van der Waals surface area (Å²) in [4.78, 5) is 31.0. The number of carbonyl (C=O) groups excluding carboxylic acids is 2. The molecule has 2 aliphatic heterocycles. The zero-order chi connectivity index (χ0) is 41.4. The molecule has 2 unspecified atom stereocenters. The highest BCUT2D eigenvalue weighted by Gasteiger charge is 2.52. The number of hydrogen-bond donors (Lipinski definition) is 3. The van der Waals surface area contributed by atoms with Crippen LogP contribution in [-0.4, -0.2) is 72.8 Å². The fourth-order valence-corrected chi connectivity index (χ4v) is 10.1. The molecular formula is C41H56F6N3O6-. The summed E-state index contributed by atoms with van der Waals surface area (Å²) in [5.41, 5.74) is -3.93. The number of aromatic nitrogens is 1. The molecule has 1 aromatic rings. The van der Waals surface area contributed by atoms with E-state index in [1.54, 1.807) is 13.8 Å². The predicted molar refractivity (Wildman–Crippen MR) is 194 cm³/mol. The van der Waals surface area contributed by atoms with Crippen molar-refractivity contribution in [2.75, 3.05) is 26.3 Å². The number of ether oxygens (including phenoxy) is 2. The number of aliphatic hydroxyl groups excluding tert-OH is 1. The summed E-state index contributed by atoms with van der Waals surface area (Å²) in [5.74, 6) is -5.92. The minimum Gasteiger partial charge on any atom is -0.869 e. The van der Waals surface area contributed by atoms with Gasteiger partial charge in [0, 0.05) is 18.7 Å². The van der Waals surface area contributed by atoms with E-state index in [0.717, 1.165) is 25.7 Å². The largest absolute Gasteiger partial charge is 0.869 e. The van der Waals surface area contributed by atoms with Gasteiger partial charge in [0.1, 0.15) is 11.4 Å². The van der Waals surface area contributed by atoms with E-state index in [9.17, 15) is 46.1 Å². The Morgan fingerprint density at radius 1 is 0.750 bits per heavy atom. The molecule has 9 nitrogen and oxygen atoms in total. The average molecular weight is 801 g/mol. The summed E-state index contributed by atoms with van der Waals surface area (Å²) in [5, 5.41) is 28.6. The van der Waals surface area contributed by atoms with E-state index in [-0.39, 0.29) is 77.9 Å². The van der Waals surface area contributed by atoms with E-state index < -0.39 is 65.2 Å². The number of pyridine rings is 1. The number of hydrogen-bond acceptors (Lipinski definition) is 7. The van der Waals surface area contributed by atoms with E-state index in [2.05, 4.69) is 29.5 Å². The molecule has 3 heterocycles. The van der Waals surface area contributed by atoms with Crippen molar-refractivity contribution in [1.82, 2.24) is 15.6 Å². The fourth-order valence-electron chi connectivity index (χ4n) is 10.1. The highest BCUT2D eigenvalue weighted by molar-refractivity contribution is 5.96. The van der Waals surface area contributed by atoms with Gasteiger partial charge in [-0.1, -0.05) is 33.8 Å². The Labute approximate surface area is 325 Å². The van der Waals surface area contributed by atoms with Crippen LogP contribution in [0.1, 0.15) is 114 Å². The van der Waals surface area contributed by atoms with Crippen LogP contribution in [0.15, 0.2) is 40.9 Å². The molecule has 4 aliphatic rings. The molecule has 2 saturated heterocycles. The van der Waals surface area contributed by atoms with Gasteiger partial charge in [0.25, 0.3) is 11.8 Å². The third kappa shape index (κ3) is 9.18. The second kappa shape index (κ2) is 16.9. The van der Waals surface area contributed by atoms with E-state index in [1.807, 2.05) is 13.8 Å². The first kappa shape index (κ1) is 43.8. The van der Waals surface area contributed by atoms with Crippen LogP contribution in [0.2, 0.25) is 0 Å². The van der Waals surface area contributed by atoms with E-state index in [4.69, 9.17) is 9.47 Å². The maximum absolute atomic E-state index is 14.2. The van der Waals surface area contributed by atoms with Crippen LogP contribution in [0.5, 0.6) is 0 Å². The van der Waals surface area contributed by atoms with Crippen LogP contribution in [0, 0.1) is 46.3 Å². The van der Waals surface area contributed by atoms with Crippen molar-refractivity contribution in [1.29, 1.82) is 0 Å². The van der Waals surface area contributed by atoms with Crippen LogP contribution >= 0.6 is 0 Å². The third-order valence-electron chi connectivity index (χ3n) is 13.8. The number of amides is 2. The molecule has 0 spiro atoms. The van der Waals surface area contributed by atoms with Crippen LogP contribution in [0.4, 0.5) is 26.3 Å². The zero-order valence-electron chi connectivity index (χ0n) is 33.0. The van der Waals surface area contributed by atoms with E-state index >= 15 is 0 Å². The third-order valence-corrected chi connectivity index (χ3v) is 13.8. The molecule has 0 aromatic carbocycles. The fraction of sp³-hybridized carbons (Fsp3) is 0.732. The lowest BCUT2D eigenvalue weighted by Gasteiger charge is -2.51. The first-order valence-corrected chi connectivity index (χ1v) is 19.8. The second-order valence-electron chi connectivity index (χ2n) is 17.3. The average Bonchev–Trinajstić information content (AvgIpc) is 3.47. The molecule has 0 radical (unpaired) electrons. The highest BCUT2D eigenvalue weighted by atomic mass is 19.4. The molecule has 4 fully saturated rings. The van der Waals surface area contributed by atoms with Gasteiger partial charge in [-0.15, -0.1) is 0 Å². The standard InChI is InChI=1S/C41H57F6N3O6/c1-22-14-16-38(5,30-20-55-24(3)10-12-26(22)30)28(34(51)40(42,43)44)18-48-36(53)32-8-7-9-33(50-32)37(54)49-19-29(35(52)41(45,46)47)39(6)17-15-23(2)27-13-11-25(4)56-21-31(27)39/h7-9,22-27,30-31,51-52H,10-21H2,1-6H3,(H,48,53)(H,49,54)/p-1/b34-28-,35-29-/t22-,23-,24+,25+,26+,27+,30?,31?,38+,39+/m1/s1. The monoisotopic (exact) mass is 800 g/mol. The molecule has 2 saturated carbocycles. The van der Waals surface area contributed by atoms with Gasteiger partial charge >= 0.3 is 12.4 Å². The molecule has 56 heavy (non-hydrogen) atoms. The summed E-state index contributed by atoms with van der Waals surface area (Å²) >= 11 is 0. The van der Waals surface area contributed by atoms with Gasteiger partial charge in [-0.05, 0) is 135 Å². The molecule has 1 aromatic heterocycles. The molecule has 314 valence electrons. The zero-order valence-corrected chi connectivity index (χ0v) is 33.0. The van der Waals surface area contributed by atoms with Crippen molar-refractivity contribution in [3.8, 4) is 0 Å². The predicted octanol–water partition coefficient (Wildman–Crippen LogP) is 7.83. The second-order valence-corrected chi connectivity index (χ2v) is 17.3. The molecule has 3 N–H and O–H groups in total. The lowest BCUT2D eigenvalue weighted by atomic mass is 9.55. The Balaban J connectivity index is 1.36. The van der Waals surface area contributed by atoms with Gasteiger partial charge in [0.2, 0.25) is 0 Å². The number of halogens is 6. The summed E-state index contributed by atoms with van der Waals surface area (Å²) in [6.07, 6.45) is -5.62. The van der Waals surface area contributed by atoms with E-state index in [1.165, 1.54) is 18.2 Å². The maximum Gasteiger partial charge on any atom is 0.448 e. The van der Waals surface area contributed by atoms with Crippen molar-refractivity contribution in [3.05, 3.63) is 52.3 Å². The van der Waals surface area contributed by atoms with Crippen molar-refractivity contribution in [2.45, 2.75) is 117 Å². The van der Waals surface area contributed by atoms with Gasteiger partial charge in [-0.25, -0.2) is 4.98 Å². The first-order valence-electron chi connectivity index (χ1n) is 19.8. The number of nitrogens with zero attached hydrogens (tertiary/aromatic N) is 1. The molecule has 2 aliphatic carbocycles. The van der Waals surface area contributed by atoms with Gasteiger partial charge in [0.05, 0.1) is 25.4 Å². The number of nitrogens with one attached hydrogen (secondary N) is 2. The number of aliphatic hydroxyl groups is 1. The van der Waals surface area contributed by atoms with Crippen molar-refractivity contribution < 1.29 is 55.6 Å². The van der Waals surface area contributed by atoms with Crippen LogP contribution in [0.3, 0.4) is 0 Å². The number of rotatable bonds is 8. The number of fused-ring (bicyclic) bond motifs is 2. The Morgan fingerprint density at radius 3 is 1.61 bits per heavy atom. The minimum atomic E-state index is -5.19. The number of allylic oxidation sites excluding steroid dienone is 2. The van der Waals surface area contributed by atoms with Crippen molar-refractivity contribution in [2.24, 2.45) is 46.3 Å². The smallest absolute Gasteiger partial charge is 0.448 e. The molecule has 10 atom stereocenters. The number of carbonyl (C=O) groups is 2. The Morgan fingerprint density at radius 2 is 1.18 bits per heavy atom. The first-order chi connectivity index (χ1) is 26.1. The summed E-state index contributed by atoms with van der Waals surface area (Å²) in [7, 11) is 0. The normalized spacial score (nSPS) is 35.1.